The number of rotatable bonds is 6. The molecule has 1 aromatic heterocycles. The van der Waals surface area contributed by atoms with Crippen LogP contribution in [0.25, 0.3) is 11.0 Å². The first-order chi connectivity index (χ1) is 10.0. The van der Waals surface area contributed by atoms with Crippen LogP contribution in [0.3, 0.4) is 0 Å². The summed E-state index contributed by atoms with van der Waals surface area (Å²) in [5.74, 6) is -0.958. The van der Waals surface area contributed by atoms with Crippen LogP contribution >= 0.6 is 11.6 Å². The molecular formula is C15H19ClF2N2O. The molecule has 6 heteroatoms. The molecule has 1 heterocycles. The van der Waals surface area contributed by atoms with E-state index in [1.807, 2.05) is 20.8 Å². The van der Waals surface area contributed by atoms with Crippen molar-refractivity contribution in [3.05, 3.63) is 29.6 Å². The van der Waals surface area contributed by atoms with Crippen LogP contribution < -0.4 is 0 Å². The van der Waals surface area contributed by atoms with Crippen molar-refractivity contribution in [2.75, 3.05) is 13.2 Å². The number of hydrogen-bond acceptors (Lipinski definition) is 2. The normalized spacial score (nSPS) is 13.3. The Bertz CT molecular complexity index is 628. The SMILES string of the molecule is CCOCC(C(C)C)n1c(CCl)nc2ccc(F)c(F)c21. The zero-order valence-electron chi connectivity index (χ0n) is 12.4. The number of halogens is 3. The highest BCUT2D eigenvalue weighted by atomic mass is 35.5. The van der Waals surface area contributed by atoms with Crippen molar-refractivity contribution in [2.45, 2.75) is 32.7 Å². The fraction of sp³-hybridized carbons (Fsp3) is 0.533. The third-order valence-corrected chi connectivity index (χ3v) is 3.77. The molecule has 1 aromatic carbocycles. The summed E-state index contributed by atoms with van der Waals surface area (Å²) < 4.78 is 35.0. The number of alkyl halides is 1. The minimum absolute atomic E-state index is 0.130. The third kappa shape index (κ3) is 3.04. The van der Waals surface area contributed by atoms with E-state index in [2.05, 4.69) is 4.98 Å². The Kier molecular flexibility index (Phi) is 5.17. The molecule has 0 N–H and O–H groups in total. The first-order valence-electron chi connectivity index (χ1n) is 6.99. The van der Waals surface area contributed by atoms with Crippen LogP contribution in [-0.4, -0.2) is 22.8 Å². The Morgan fingerprint density at radius 1 is 1.33 bits per heavy atom. The second-order valence-electron chi connectivity index (χ2n) is 5.23. The molecule has 0 saturated heterocycles. The van der Waals surface area contributed by atoms with Crippen molar-refractivity contribution in [1.29, 1.82) is 0 Å². The van der Waals surface area contributed by atoms with Gasteiger partial charge in [-0.25, -0.2) is 13.8 Å². The fourth-order valence-electron chi connectivity index (χ4n) is 2.43. The van der Waals surface area contributed by atoms with E-state index >= 15 is 0 Å². The molecule has 1 unspecified atom stereocenters. The van der Waals surface area contributed by atoms with Crippen LogP contribution in [0.15, 0.2) is 12.1 Å². The summed E-state index contributed by atoms with van der Waals surface area (Å²) >= 11 is 5.94. The predicted molar refractivity (Wildman–Crippen MR) is 79.6 cm³/mol. The summed E-state index contributed by atoms with van der Waals surface area (Å²) in [5.41, 5.74) is 0.566. The van der Waals surface area contributed by atoms with Gasteiger partial charge >= 0.3 is 0 Å². The first-order valence-corrected chi connectivity index (χ1v) is 7.53. The molecule has 0 aliphatic carbocycles. The van der Waals surface area contributed by atoms with E-state index in [0.717, 1.165) is 6.07 Å². The van der Waals surface area contributed by atoms with Crippen molar-refractivity contribution in [1.82, 2.24) is 9.55 Å². The van der Waals surface area contributed by atoms with Crippen molar-refractivity contribution >= 4 is 22.6 Å². The Morgan fingerprint density at radius 2 is 2.05 bits per heavy atom. The first kappa shape index (κ1) is 16.2. The molecule has 0 aliphatic heterocycles. The summed E-state index contributed by atoms with van der Waals surface area (Å²) in [7, 11) is 0. The number of hydrogen-bond donors (Lipinski definition) is 0. The predicted octanol–water partition coefficient (Wildman–Crippen LogP) is 4.29. The lowest BCUT2D eigenvalue weighted by Gasteiger charge is -2.25. The summed E-state index contributed by atoms with van der Waals surface area (Å²) in [6.07, 6.45) is 0. The number of nitrogens with zero attached hydrogens (tertiary/aromatic N) is 2. The standard InChI is InChI=1S/C15H19ClF2N2O/c1-4-21-8-12(9(2)3)20-13(7-16)19-11-6-5-10(17)14(18)15(11)20/h5-6,9,12H,4,7-8H2,1-3H3. The smallest absolute Gasteiger partial charge is 0.184 e. The van der Waals surface area contributed by atoms with Gasteiger partial charge < -0.3 is 9.30 Å². The van der Waals surface area contributed by atoms with Crippen LogP contribution in [0, 0.1) is 17.6 Å². The van der Waals surface area contributed by atoms with Gasteiger partial charge in [-0.15, -0.1) is 11.6 Å². The zero-order chi connectivity index (χ0) is 15.6. The Labute approximate surface area is 127 Å². The summed E-state index contributed by atoms with van der Waals surface area (Å²) in [6.45, 7) is 6.87. The van der Waals surface area contributed by atoms with Gasteiger partial charge in [-0.1, -0.05) is 13.8 Å². The van der Waals surface area contributed by atoms with Gasteiger partial charge in [0.05, 0.1) is 24.0 Å². The van der Waals surface area contributed by atoms with E-state index in [1.165, 1.54) is 6.07 Å². The molecule has 3 nitrogen and oxygen atoms in total. The molecule has 1 atom stereocenters. The van der Waals surface area contributed by atoms with Crippen molar-refractivity contribution in [3.63, 3.8) is 0 Å². The van der Waals surface area contributed by atoms with Gasteiger partial charge in [0, 0.05) is 6.61 Å². The molecule has 0 spiro atoms. The minimum atomic E-state index is -0.890. The molecule has 0 aliphatic rings. The molecule has 0 saturated carbocycles. The zero-order valence-corrected chi connectivity index (χ0v) is 13.1. The maximum absolute atomic E-state index is 14.2. The highest BCUT2D eigenvalue weighted by Gasteiger charge is 2.25. The number of fused-ring (bicyclic) bond motifs is 1. The molecule has 21 heavy (non-hydrogen) atoms. The van der Waals surface area contributed by atoms with Crippen LogP contribution in [0.1, 0.15) is 32.6 Å². The number of benzene rings is 1. The maximum atomic E-state index is 14.2. The van der Waals surface area contributed by atoms with Gasteiger partial charge in [0.1, 0.15) is 11.3 Å². The Balaban J connectivity index is 2.66. The summed E-state index contributed by atoms with van der Waals surface area (Å²) in [4.78, 5) is 4.31. The van der Waals surface area contributed by atoms with E-state index < -0.39 is 11.6 Å². The fourth-order valence-corrected chi connectivity index (χ4v) is 2.61. The topological polar surface area (TPSA) is 27.1 Å². The Morgan fingerprint density at radius 3 is 2.62 bits per heavy atom. The summed E-state index contributed by atoms with van der Waals surface area (Å²) in [5, 5.41) is 0. The highest BCUT2D eigenvalue weighted by molar-refractivity contribution is 6.16. The number of imidazole rings is 1. The average Bonchev–Trinajstić information content (AvgIpc) is 2.82. The van der Waals surface area contributed by atoms with Crippen LogP contribution in [0.4, 0.5) is 8.78 Å². The van der Waals surface area contributed by atoms with Crippen molar-refractivity contribution in [2.24, 2.45) is 5.92 Å². The largest absolute Gasteiger partial charge is 0.380 e. The van der Waals surface area contributed by atoms with Crippen LogP contribution in [0.2, 0.25) is 0 Å². The highest BCUT2D eigenvalue weighted by Crippen LogP contribution is 2.30. The average molecular weight is 317 g/mol. The molecule has 0 bridgehead atoms. The van der Waals surface area contributed by atoms with Crippen molar-refractivity contribution < 1.29 is 13.5 Å². The molecule has 0 fully saturated rings. The molecule has 2 aromatic rings. The second-order valence-corrected chi connectivity index (χ2v) is 5.50. The monoisotopic (exact) mass is 316 g/mol. The number of aromatic nitrogens is 2. The molecular weight excluding hydrogens is 298 g/mol. The summed E-state index contributed by atoms with van der Waals surface area (Å²) in [6, 6.07) is 2.40. The van der Waals surface area contributed by atoms with Crippen molar-refractivity contribution in [3.8, 4) is 0 Å². The second kappa shape index (κ2) is 6.71. The van der Waals surface area contributed by atoms with Crippen LogP contribution in [-0.2, 0) is 10.6 Å². The van der Waals surface area contributed by atoms with Gasteiger partial charge in [-0.2, -0.15) is 0 Å². The third-order valence-electron chi connectivity index (χ3n) is 3.53. The lowest BCUT2D eigenvalue weighted by atomic mass is 10.0. The maximum Gasteiger partial charge on any atom is 0.184 e. The lowest BCUT2D eigenvalue weighted by Crippen LogP contribution is -2.23. The van der Waals surface area contributed by atoms with Gasteiger partial charge in [0.25, 0.3) is 0 Å². The quantitative estimate of drug-likeness (QED) is 0.743. The minimum Gasteiger partial charge on any atom is -0.380 e. The molecule has 0 radical (unpaired) electrons. The lowest BCUT2D eigenvalue weighted by molar-refractivity contribution is 0.0968. The van der Waals surface area contributed by atoms with E-state index in [9.17, 15) is 8.78 Å². The van der Waals surface area contributed by atoms with E-state index in [-0.39, 0.29) is 23.4 Å². The number of ether oxygens (including phenoxy) is 1. The van der Waals surface area contributed by atoms with Gasteiger partial charge in [0.15, 0.2) is 11.6 Å². The van der Waals surface area contributed by atoms with Gasteiger partial charge in [-0.3, -0.25) is 0 Å². The van der Waals surface area contributed by atoms with Gasteiger partial charge in [-0.05, 0) is 25.0 Å². The van der Waals surface area contributed by atoms with E-state index in [4.69, 9.17) is 16.3 Å². The van der Waals surface area contributed by atoms with Crippen LogP contribution in [0.5, 0.6) is 0 Å². The van der Waals surface area contributed by atoms with Gasteiger partial charge in [0.2, 0.25) is 0 Å². The molecule has 2 rings (SSSR count). The molecule has 116 valence electrons. The Hall–Kier alpha value is -1.20. The van der Waals surface area contributed by atoms with E-state index in [1.54, 1.807) is 4.57 Å². The molecule has 0 amide bonds. The van der Waals surface area contributed by atoms with E-state index in [0.29, 0.717) is 24.6 Å².